The van der Waals surface area contributed by atoms with E-state index in [-0.39, 0.29) is 0 Å². The summed E-state index contributed by atoms with van der Waals surface area (Å²) in [5.41, 5.74) is 1.89. The smallest absolute Gasteiger partial charge is 0.137 e. The lowest BCUT2D eigenvalue weighted by Gasteiger charge is -2.05. The van der Waals surface area contributed by atoms with Crippen LogP contribution in [-0.2, 0) is 11.3 Å². The summed E-state index contributed by atoms with van der Waals surface area (Å²) >= 11 is 0. The molecule has 0 amide bonds. The van der Waals surface area contributed by atoms with Crippen LogP contribution in [0, 0.1) is 6.92 Å². The maximum absolute atomic E-state index is 5.68. The standard InChI is InChI=1S/C16H20N2O3/c1-3-20-17-12-14-6-8-15(9-7-14)19-10-4-5-16-11-13(2)18-21-16/h6-9,11-12H,3-5,10H2,1-2H3. The van der Waals surface area contributed by atoms with Gasteiger partial charge in [0.15, 0.2) is 0 Å². The molecular formula is C16H20N2O3. The number of aromatic nitrogens is 1. The van der Waals surface area contributed by atoms with Crippen molar-refractivity contribution in [1.82, 2.24) is 5.16 Å². The lowest BCUT2D eigenvalue weighted by Crippen LogP contribution is -1.99. The molecule has 0 N–H and O–H groups in total. The first-order valence-electron chi connectivity index (χ1n) is 7.08. The monoisotopic (exact) mass is 288 g/mol. The van der Waals surface area contributed by atoms with E-state index >= 15 is 0 Å². The molecule has 112 valence electrons. The van der Waals surface area contributed by atoms with Crippen molar-refractivity contribution in [2.75, 3.05) is 13.2 Å². The fraction of sp³-hybridized carbons (Fsp3) is 0.375. The molecule has 0 saturated heterocycles. The largest absolute Gasteiger partial charge is 0.494 e. The molecule has 2 rings (SSSR count). The van der Waals surface area contributed by atoms with Crippen LogP contribution in [0.2, 0.25) is 0 Å². The van der Waals surface area contributed by atoms with Crippen LogP contribution in [0.5, 0.6) is 5.75 Å². The number of nitrogens with zero attached hydrogens (tertiary/aromatic N) is 2. The molecule has 1 aromatic heterocycles. The third-order valence-corrected chi connectivity index (χ3v) is 2.80. The zero-order chi connectivity index (χ0) is 14.9. The van der Waals surface area contributed by atoms with Gasteiger partial charge in [-0.25, -0.2) is 0 Å². The zero-order valence-electron chi connectivity index (χ0n) is 12.4. The summed E-state index contributed by atoms with van der Waals surface area (Å²) in [4.78, 5) is 4.92. The Bertz CT molecular complexity index is 561. The second-order valence-corrected chi connectivity index (χ2v) is 4.61. The number of hydrogen-bond donors (Lipinski definition) is 0. The second kappa shape index (κ2) is 8.09. The van der Waals surface area contributed by atoms with Gasteiger partial charge in [0.25, 0.3) is 0 Å². The predicted octanol–water partition coefficient (Wildman–Crippen LogP) is 3.37. The Labute approximate surface area is 124 Å². The normalized spacial score (nSPS) is 11.0. The lowest BCUT2D eigenvalue weighted by atomic mass is 10.2. The first-order chi connectivity index (χ1) is 10.3. The third kappa shape index (κ3) is 5.30. The van der Waals surface area contributed by atoms with Crippen LogP contribution in [0.1, 0.15) is 30.4 Å². The van der Waals surface area contributed by atoms with Crippen molar-refractivity contribution in [2.24, 2.45) is 5.16 Å². The van der Waals surface area contributed by atoms with Crippen molar-refractivity contribution in [3.8, 4) is 5.75 Å². The maximum Gasteiger partial charge on any atom is 0.137 e. The Kier molecular flexibility index (Phi) is 5.82. The fourth-order valence-corrected chi connectivity index (χ4v) is 1.79. The maximum atomic E-state index is 5.68. The summed E-state index contributed by atoms with van der Waals surface area (Å²) in [6.45, 7) is 5.03. The fourth-order valence-electron chi connectivity index (χ4n) is 1.79. The molecule has 0 unspecified atom stereocenters. The number of benzene rings is 1. The van der Waals surface area contributed by atoms with E-state index in [0.29, 0.717) is 13.2 Å². The van der Waals surface area contributed by atoms with Gasteiger partial charge in [0.2, 0.25) is 0 Å². The van der Waals surface area contributed by atoms with E-state index in [9.17, 15) is 0 Å². The topological polar surface area (TPSA) is 56.9 Å². The average Bonchev–Trinajstić information content (AvgIpc) is 2.91. The SMILES string of the molecule is CCON=Cc1ccc(OCCCc2cc(C)no2)cc1. The molecule has 0 bridgehead atoms. The minimum absolute atomic E-state index is 0.572. The summed E-state index contributed by atoms with van der Waals surface area (Å²) in [6.07, 6.45) is 3.40. The first-order valence-corrected chi connectivity index (χ1v) is 7.08. The Morgan fingerprint density at radius 2 is 2.10 bits per heavy atom. The molecule has 2 aromatic rings. The van der Waals surface area contributed by atoms with Crippen molar-refractivity contribution < 1.29 is 14.1 Å². The van der Waals surface area contributed by atoms with Gasteiger partial charge < -0.3 is 14.1 Å². The Morgan fingerprint density at radius 3 is 2.76 bits per heavy atom. The van der Waals surface area contributed by atoms with E-state index in [1.807, 2.05) is 44.2 Å². The second-order valence-electron chi connectivity index (χ2n) is 4.61. The van der Waals surface area contributed by atoms with E-state index in [0.717, 1.165) is 35.6 Å². The van der Waals surface area contributed by atoms with Crippen molar-refractivity contribution in [3.05, 3.63) is 47.3 Å². The van der Waals surface area contributed by atoms with Gasteiger partial charge in [-0.3, -0.25) is 0 Å². The molecule has 0 aliphatic rings. The molecule has 0 aliphatic heterocycles. The number of ether oxygens (including phenoxy) is 1. The molecule has 5 heteroatoms. The molecule has 0 fully saturated rings. The summed E-state index contributed by atoms with van der Waals surface area (Å²) in [7, 11) is 0. The van der Waals surface area contributed by atoms with Gasteiger partial charge in [-0.1, -0.05) is 10.3 Å². The quantitative estimate of drug-likeness (QED) is 0.424. The number of oxime groups is 1. The minimum atomic E-state index is 0.572. The molecule has 0 radical (unpaired) electrons. The molecule has 21 heavy (non-hydrogen) atoms. The zero-order valence-corrected chi connectivity index (χ0v) is 12.4. The molecule has 1 heterocycles. The lowest BCUT2D eigenvalue weighted by molar-refractivity contribution is 0.160. The Balaban J connectivity index is 1.71. The minimum Gasteiger partial charge on any atom is -0.494 e. The van der Waals surface area contributed by atoms with Crippen LogP contribution in [0.25, 0.3) is 0 Å². The van der Waals surface area contributed by atoms with Crippen molar-refractivity contribution >= 4 is 6.21 Å². The molecule has 5 nitrogen and oxygen atoms in total. The van der Waals surface area contributed by atoms with Crippen molar-refractivity contribution in [1.29, 1.82) is 0 Å². The van der Waals surface area contributed by atoms with Crippen LogP contribution in [0.3, 0.4) is 0 Å². The summed E-state index contributed by atoms with van der Waals surface area (Å²) in [5, 5.41) is 7.67. The van der Waals surface area contributed by atoms with Crippen LogP contribution in [-0.4, -0.2) is 24.6 Å². The van der Waals surface area contributed by atoms with Crippen molar-refractivity contribution in [2.45, 2.75) is 26.7 Å². The van der Waals surface area contributed by atoms with E-state index in [1.54, 1.807) is 6.21 Å². The number of hydrogen-bond acceptors (Lipinski definition) is 5. The van der Waals surface area contributed by atoms with Crippen molar-refractivity contribution in [3.63, 3.8) is 0 Å². The van der Waals surface area contributed by atoms with E-state index in [4.69, 9.17) is 14.1 Å². The first kappa shape index (κ1) is 15.1. The highest BCUT2D eigenvalue weighted by atomic mass is 16.6. The van der Waals surface area contributed by atoms with E-state index in [2.05, 4.69) is 10.3 Å². The van der Waals surface area contributed by atoms with Crippen LogP contribution < -0.4 is 4.74 Å². The average molecular weight is 288 g/mol. The highest BCUT2D eigenvalue weighted by Gasteiger charge is 2.01. The third-order valence-electron chi connectivity index (χ3n) is 2.80. The van der Waals surface area contributed by atoms with Gasteiger partial charge in [-0.05, 0) is 50.1 Å². The van der Waals surface area contributed by atoms with Gasteiger partial charge in [0, 0.05) is 12.5 Å². The van der Waals surface area contributed by atoms with Gasteiger partial charge in [-0.15, -0.1) is 0 Å². The molecule has 0 atom stereocenters. The van der Waals surface area contributed by atoms with Gasteiger partial charge >= 0.3 is 0 Å². The highest BCUT2D eigenvalue weighted by molar-refractivity contribution is 5.79. The van der Waals surface area contributed by atoms with E-state index < -0.39 is 0 Å². The number of rotatable bonds is 8. The molecule has 0 saturated carbocycles. The molecular weight excluding hydrogens is 268 g/mol. The van der Waals surface area contributed by atoms with E-state index in [1.165, 1.54) is 0 Å². The molecule has 1 aromatic carbocycles. The summed E-state index contributed by atoms with van der Waals surface area (Å²) < 4.78 is 10.8. The van der Waals surface area contributed by atoms with Crippen LogP contribution in [0.15, 0.2) is 40.0 Å². The Hall–Kier alpha value is -2.30. The van der Waals surface area contributed by atoms with Gasteiger partial charge in [0.05, 0.1) is 18.5 Å². The van der Waals surface area contributed by atoms with Crippen LogP contribution in [0.4, 0.5) is 0 Å². The van der Waals surface area contributed by atoms with Gasteiger partial charge in [0.1, 0.15) is 18.1 Å². The summed E-state index contributed by atoms with van der Waals surface area (Å²) in [6, 6.07) is 9.68. The number of aryl methyl sites for hydroxylation is 2. The predicted molar refractivity (Wildman–Crippen MR) is 80.7 cm³/mol. The van der Waals surface area contributed by atoms with Crippen LogP contribution >= 0.6 is 0 Å². The molecule has 0 spiro atoms. The Morgan fingerprint density at radius 1 is 1.29 bits per heavy atom. The molecule has 0 aliphatic carbocycles. The highest BCUT2D eigenvalue weighted by Crippen LogP contribution is 2.12. The van der Waals surface area contributed by atoms with Gasteiger partial charge in [-0.2, -0.15) is 0 Å². The summed E-state index contributed by atoms with van der Waals surface area (Å²) in [5.74, 6) is 1.75.